The highest BCUT2D eigenvalue weighted by atomic mass is 15.0. The Kier molecular flexibility index (Phi) is 6.27. The Labute approximate surface area is 267 Å². The van der Waals surface area contributed by atoms with Gasteiger partial charge in [-0.25, -0.2) is 15.0 Å². The number of fused-ring (bicyclic) bond motifs is 7. The Morgan fingerprint density at radius 2 is 0.978 bits per heavy atom. The molecule has 7 aromatic rings. The largest absolute Gasteiger partial charge is 0.208 e. The summed E-state index contributed by atoms with van der Waals surface area (Å²) in [5, 5.41) is 7.59. The maximum atomic E-state index is 5.15. The first-order chi connectivity index (χ1) is 22.8. The van der Waals surface area contributed by atoms with Crippen LogP contribution in [0.1, 0.15) is 17.8 Å². The van der Waals surface area contributed by atoms with Crippen molar-refractivity contribution in [2.45, 2.75) is 6.42 Å². The normalized spacial score (nSPS) is 15.8. The molecule has 0 radical (unpaired) electrons. The fourth-order valence-corrected chi connectivity index (χ4v) is 6.96. The smallest absolute Gasteiger partial charge is 0.164 e. The summed E-state index contributed by atoms with van der Waals surface area (Å²) in [6, 6.07) is 44.8. The van der Waals surface area contributed by atoms with Crippen LogP contribution >= 0.6 is 0 Å². The molecule has 216 valence electrons. The third-order valence-electron chi connectivity index (χ3n) is 9.21. The van der Waals surface area contributed by atoms with Crippen LogP contribution in [-0.2, 0) is 0 Å². The first kappa shape index (κ1) is 26.5. The van der Waals surface area contributed by atoms with Crippen LogP contribution in [0.15, 0.2) is 163 Å². The second kappa shape index (κ2) is 10.9. The van der Waals surface area contributed by atoms with E-state index in [0.717, 1.165) is 34.3 Å². The summed E-state index contributed by atoms with van der Waals surface area (Å²) in [7, 11) is 0. The van der Waals surface area contributed by atoms with Gasteiger partial charge < -0.3 is 0 Å². The van der Waals surface area contributed by atoms with Crippen LogP contribution in [0.2, 0.25) is 0 Å². The quantitative estimate of drug-likeness (QED) is 0.192. The Morgan fingerprint density at radius 1 is 0.457 bits per heavy atom. The van der Waals surface area contributed by atoms with Crippen molar-refractivity contribution in [3.8, 4) is 22.8 Å². The van der Waals surface area contributed by atoms with Crippen molar-refractivity contribution in [2.75, 3.05) is 0 Å². The van der Waals surface area contributed by atoms with Gasteiger partial charge in [-0.1, -0.05) is 146 Å². The van der Waals surface area contributed by atoms with Crippen molar-refractivity contribution in [2.24, 2.45) is 5.92 Å². The number of hydrogen-bond acceptors (Lipinski definition) is 3. The van der Waals surface area contributed by atoms with E-state index in [1.165, 1.54) is 37.9 Å². The summed E-state index contributed by atoms with van der Waals surface area (Å²) in [5.41, 5.74) is 6.56. The van der Waals surface area contributed by atoms with Crippen molar-refractivity contribution in [1.29, 1.82) is 0 Å². The third kappa shape index (κ3) is 4.48. The van der Waals surface area contributed by atoms with Gasteiger partial charge in [-0.2, -0.15) is 0 Å². The van der Waals surface area contributed by atoms with Gasteiger partial charge in [0.25, 0.3) is 0 Å². The summed E-state index contributed by atoms with van der Waals surface area (Å²) >= 11 is 0. The summed E-state index contributed by atoms with van der Waals surface area (Å²) in [6.45, 7) is 0. The van der Waals surface area contributed by atoms with Gasteiger partial charge in [0.15, 0.2) is 17.5 Å². The molecular weight excluding hydrogens is 558 g/mol. The van der Waals surface area contributed by atoms with E-state index in [1.807, 2.05) is 36.4 Å². The van der Waals surface area contributed by atoms with E-state index in [-0.39, 0.29) is 5.92 Å². The molecule has 3 nitrogen and oxygen atoms in total. The molecule has 0 aliphatic heterocycles. The molecule has 1 unspecified atom stereocenters. The zero-order valence-corrected chi connectivity index (χ0v) is 25.1. The number of hydrogen-bond donors (Lipinski definition) is 0. The maximum Gasteiger partial charge on any atom is 0.164 e. The van der Waals surface area contributed by atoms with Crippen molar-refractivity contribution < 1.29 is 0 Å². The van der Waals surface area contributed by atoms with Gasteiger partial charge in [0, 0.05) is 22.6 Å². The van der Waals surface area contributed by atoms with Crippen LogP contribution in [0.5, 0.6) is 0 Å². The number of allylic oxidation sites excluding steroid dienone is 8. The molecule has 2 aliphatic carbocycles. The summed E-state index contributed by atoms with van der Waals surface area (Å²) in [5.74, 6) is 2.30. The topological polar surface area (TPSA) is 38.7 Å². The van der Waals surface area contributed by atoms with Crippen molar-refractivity contribution in [3.05, 3.63) is 175 Å². The van der Waals surface area contributed by atoms with E-state index >= 15 is 0 Å². The van der Waals surface area contributed by atoms with Crippen LogP contribution in [0.4, 0.5) is 0 Å². The van der Waals surface area contributed by atoms with E-state index in [9.17, 15) is 0 Å². The molecule has 1 atom stereocenters. The Morgan fingerprint density at radius 3 is 1.59 bits per heavy atom. The van der Waals surface area contributed by atoms with Crippen LogP contribution < -0.4 is 0 Å². The second-order valence-electron chi connectivity index (χ2n) is 12.0. The standard InChI is InChI=1S/C43H29N3/c1-3-13-28(14-4-1)41-44-42(29-15-5-2-6-16-29)46-43(45-41)40-26-31-18-8-7-17-30(31)25-38(40)32-23-24-37-35-21-10-9-19-33(35)34-20-11-12-22-36(34)39(37)27-32/h1-17,19-27,31H,18H2. The zero-order valence-electron chi connectivity index (χ0n) is 25.1. The van der Waals surface area contributed by atoms with Crippen LogP contribution in [-0.4, -0.2) is 15.0 Å². The minimum absolute atomic E-state index is 0.270. The molecule has 2 aliphatic rings. The molecule has 46 heavy (non-hydrogen) atoms. The van der Waals surface area contributed by atoms with E-state index in [2.05, 4.69) is 121 Å². The lowest BCUT2D eigenvalue weighted by atomic mass is 9.79. The molecule has 0 bridgehead atoms. The second-order valence-corrected chi connectivity index (χ2v) is 12.0. The van der Waals surface area contributed by atoms with Gasteiger partial charge in [0.1, 0.15) is 0 Å². The van der Waals surface area contributed by atoms with E-state index in [1.54, 1.807) is 0 Å². The average molecular weight is 588 g/mol. The monoisotopic (exact) mass is 587 g/mol. The Bertz CT molecular complexity index is 2340. The molecule has 0 saturated heterocycles. The molecule has 6 aromatic carbocycles. The molecule has 1 heterocycles. The average Bonchev–Trinajstić information content (AvgIpc) is 3.15. The minimum atomic E-state index is 0.270. The van der Waals surface area contributed by atoms with Crippen LogP contribution in [0.25, 0.3) is 66.2 Å². The molecule has 1 aromatic heterocycles. The lowest BCUT2D eigenvalue weighted by Crippen LogP contribution is -2.11. The first-order valence-electron chi connectivity index (χ1n) is 15.8. The Hall–Kier alpha value is -5.93. The zero-order chi connectivity index (χ0) is 30.5. The molecule has 0 spiro atoms. The van der Waals surface area contributed by atoms with E-state index in [4.69, 9.17) is 15.0 Å². The number of nitrogens with zero attached hydrogens (tertiary/aromatic N) is 3. The lowest BCUT2D eigenvalue weighted by molar-refractivity contribution is 0.782. The van der Waals surface area contributed by atoms with Crippen molar-refractivity contribution in [1.82, 2.24) is 15.0 Å². The summed E-state index contributed by atoms with van der Waals surface area (Å²) in [4.78, 5) is 15.3. The minimum Gasteiger partial charge on any atom is -0.208 e. The molecule has 3 heteroatoms. The fraction of sp³-hybridized carbons (Fsp3) is 0.0465. The highest BCUT2D eigenvalue weighted by Gasteiger charge is 2.26. The predicted molar refractivity (Wildman–Crippen MR) is 191 cm³/mol. The summed E-state index contributed by atoms with van der Waals surface area (Å²) < 4.78 is 0. The third-order valence-corrected chi connectivity index (χ3v) is 9.21. The number of rotatable bonds is 4. The lowest BCUT2D eigenvalue weighted by Gasteiger charge is -2.26. The molecule has 9 rings (SSSR count). The maximum absolute atomic E-state index is 5.15. The number of aromatic nitrogens is 3. The van der Waals surface area contributed by atoms with Crippen LogP contribution in [0.3, 0.4) is 0 Å². The van der Waals surface area contributed by atoms with Gasteiger partial charge >= 0.3 is 0 Å². The Balaban J connectivity index is 1.28. The van der Waals surface area contributed by atoms with Crippen molar-refractivity contribution >= 4 is 43.5 Å². The predicted octanol–water partition coefficient (Wildman–Crippen LogP) is 10.6. The SMILES string of the molecule is C1=CCC2C=C(c3nc(-c4ccccc4)nc(-c4ccccc4)n3)C(c3ccc4c5ccccc5c5ccccc5c4c3)=CC2=C1. The van der Waals surface area contributed by atoms with Gasteiger partial charge in [-0.3, -0.25) is 0 Å². The fourth-order valence-electron chi connectivity index (χ4n) is 6.96. The molecular formula is C43H29N3. The van der Waals surface area contributed by atoms with Gasteiger partial charge in [-0.05, 0) is 67.6 Å². The van der Waals surface area contributed by atoms with E-state index < -0.39 is 0 Å². The summed E-state index contributed by atoms with van der Waals surface area (Å²) in [6.07, 6.45) is 12.3. The van der Waals surface area contributed by atoms with E-state index in [0.29, 0.717) is 17.5 Å². The van der Waals surface area contributed by atoms with Crippen LogP contribution in [0, 0.1) is 5.92 Å². The highest BCUT2D eigenvalue weighted by Crippen LogP contribution is 2.43. The molecule has 0 N–H and O–H groups in total. The van der Waals surface area contributed by atoms with Gasteiger partial charge in [-0.15, -0.1) is 0 Å². The van der Waals surface area contributed by atoms with Crippen molar-refractivity contribution in [3.63, 3.8) is 0 Å². The van der Waals surface area contributed by atoms with Gasteiger partial charge in [0.05, 0.1) is 0 Å². The number of benzene rings is 6. The molecule has 0 fully saturated rings. The highest BCUT2D eigenvalue weighted by molar-refractivity contribution is 6.26. The van der Waals surface area contributed by atoms with Gasteiger partial charge in [0.2, 0.25) is 0 Å². The first-order valence-corrected chi connectivity index (χ1v) is 15.8. The molecule has 0 saturated carbocycles. The molecule has 0 amide bonds.